The predicted molar refractivity (Wildman–Crippen MR) is 85.2 cm³/mol. The van der Waals surface area contributed by atoms with Crippen LogP contribution in [-0.4, -0.2) is 29.2 Å². The van der Waals surface area contributed by atoms with Crippen LogP contribution in [0.25, 0.3) is 10.8 Å². The van der Waals surface area contributed by atoms with Crippen molar-refractivity contribution in [3.63, 3.8) is 0 Å². The minimum atomic E-state index is -0.977. The second-order valence-corrected chi connectivity index (χ2v) is 5.95. The number of hydrogen-bond donors (Lipinski definition) is 2. The Labute approximate surface area is 128 Å². The first-order valence-electron chi connectivity index (χ1n) is 6.99. The zero-order chi connectivity index (χ0) is 16.3. The first kappa shape index (κ1) is 15.8. The van der Waals surface area contributed by atoms with E-state index >= 15 is 0 Å². The molecule has 0 aliphatic rings. The fraction of sp³-hybridized carbons (Fsp3) is 0.294. The summed E-state index contributed by atoms with van der Waals surface area (Å²) >= 11 is 0. The Morgan fingerprint density at radius 2 is 1.73 bits per heavy atom. The molecule has 0 heterocycles. The number of aromatic carboxylic acids is 1. The van der Waals surface area contributed by atoms with Crippen LogP contribution in [-0.2, 0) is 9.53 Å². The molecular weight excluding hydrogens is 282 g/mol. The van der Waals surface area contributed by atoms with E-state index in [1.54, 1.807) is 18.2 Å². The molecule has 2 rings (SSSR count). The average molecular weight is 301 g/mol. The van der Waals surface area contributed by atoms with Crippen molar-refractivity contribution in [2.45, 2.75) is 26.4 Å². The maximum atomic E-state index is 11.8. The lowest BCUT2D eigenvalue weighted by atomic mass is 10.0. The van der Waals surface area contributed by atoms with Gasteiger partial charge in [-0.15, -0.1) is 0 Å². The van der Waals surface area contributed by atoms with Crippen molar-refractivity contribution in [3.8, 4) is 0 Å². The fourth-order valence-corrected chi connectivity index (χ4v) is 2.18. The number of carbonyl (C=O) groups is 2. The van der Waals surface area contributed by atoms with Crippen molar-refractivity contribution < 1.29 is 19.4 Å². The van der Waals surface area contributed by atoms with E-state index < -0.39 is 11.6 Å². The fourth-order valence-electron chi connectivity index (χ4n) is 2.18. The van der Waals surface area contributed by atoms with Gasteiger partial charge < -0.3 is 15.2 Å². The van der Waals surface area contributed by atoms with Gasteiger partial charge in [0.2, 0.25) is 0 Å². The van der Waals surface area contributed by atoms with Crippen molar-refractivity contribution in [2.75, 3.05) is 11.9 Å². The number of anilines is 1. The lowest BCUT2D eigenvalue weighted by Crippen LogP contribution is -2.28. The molecule has 22 heavy (non-hydrogen) atoms. The van der Waals surface area contributed by atoms with Crippen molar-refractivity contribution in [1.82, 2.24) is 0 Å². The second-order valence-electron chi connectivity index (χ2n) is 5.95. The molecule has 0 fully saturated rings. The zero-order valence-corrected chi connectivity index (χ0v) is 12.8. The molecule has 0 bridgehead atoms. The molecule has 2 aromatic rings. The second kappa shape index (κ2) is 6.05. The van der Waals surface area contributed by atoms with Gasteiger partial charge in [0.05, 0.1) is 5.56 Å². The Balaban J connectivity index is 2.24. The predicted octanol–water partition coefficient (Wildman–Crippen LogP) is 3.29. The number of nitrogens with one attached hydrogen (secondary N) is 1. The monoisotopic (exact) mass is 301 g/mol. The van der Waals surface area contributed by atoms with E-state index in [1.807, 2.05) is 32.9 Å². The zero-order valence-electron chi connectivity index (χ0n) is 12.8. The Hall–Kier alpha value is -2.56. The number of carboxylic acids is 1. The molecule has 0 radical (unpaired) electrons. The molecule has 2 aromatic carbocycles. The first-order valence-corrected chi connectivity index (χ1v) is 6.99. The normalized spacial score (nSPS) is 11.2. The first-order chi connectivity index (χ1) is 10.3. The molecule has 0 aromatic heterocycles. The lowest BCUT2D eigenvalue weighted by molar-refractivity contribution is -0.152. The quantitative estimate of drug-likeness (QED) is 0.847. The van der Waals surface area contributed by atoms with Crippen LogP contribution in [0.2, 0.25) is 0 Å². The van der Waals surface area contributed by atoms with Crippen LogP contribution in [0.3, 0.4) is 0 Å². The highest BCUT2D eigenvalue weighted by Gasteiger charge is 2.16. The van der Waals surface area contributed by atoms with Crippen molar-refractivity contribution in [3.05, 3.63) is 42.0 Å². The van der Waals surface area contributed by atoms with Gasteiger partial charge in [0.25, 0.3) is 0 Å². The van der Waals surface area contributed by atoms with Gasteiger partial charge in [-0.3, -0.25) is 4.79 Å². The summed E-state index contributed by atoms with van der Waals surface area (Å²) in [5, 5.41) is 13.6. The Morgan fingerprint density at radius 3 is 2.32 bits per heavy atom. The minimum absolute atomic E-state index is 0.0215. The molecule has 0 saturated carbocycles. The van der Waals surface area contributed by atoms with E-state index in [-0.39, 0.29) is 18.1 Å². The number of carbonyl (C=O) groups excluding carboxylic acids is 1. The summed E-state index contributed by atoms with van der Waals surface area (Å²) in [6.07, 6.45) is 0. The average Bonchev–Trinajstić information content (AvgIpc) is 2.42. The highest BCUT2D eigenvalue weighted by molar-refractivity contribution is 6.07. The van der Waals surface area contributed by atoms with Crippen molar-refractivity contribution >= 4 is 28.4 Å². The van der Waals surface area contributed by atoms with E-state index in [4.69, 9.17) is 4.74 Å². The summed E-state index contributed by atoms with van der Waals surface area (Å²) in [7, 11) is 0. The van der Waals surface area contributed by atoms with E-state index in [2.05, 4.69) is 5.32 Å². The smallest absolute Gasteiger partial charge is 0.336 e. The standard InChI is InChI=1S/C17H19NO4/c1-17(2,3)22-15(19)10-18-14-9-8-13(16(20)21)11-6-4-5-7-12(11)14/h4-9,18H,10H2,1-3H3,(H,20,21). The molecule has 0 amide bonds. The van der Waals surface area contributed by atoms with Crippen LogP contribution in [0.4, 0.5) is 5.69 Å². The Morgan fingerprint density at radius 1 is 1.09 bits per heavy atom. The summed E-state index contributed by atoms with van der Waals surface area (Å²) in [6.45, 7) is 5.44. The summed E-state index contributed by atoms with van der Waals surface area (Å²) in [5.74, 6) is -1.34. The Kier molecular flexibility index (Phi) is 4.35. The molecule has 5 heteroatoms. The van der Waals surface area contributed by atoms with E-state index in [0.29, 0.717) is 11.1 Å². The van der Waals surface area contributed by atoms with Gasteiger partial charge in [0.1, 0.15) is 12.1 Å². The van der Waals surface area contributed by atoms with Crippen LogP contribution in [0, 0.1) is 0 Å². The van der Waals surface area contributed by atoms with Crippen molar-refractivity contribution in [1.29, 1.82) is 0 Å². The van der Waals surface area contributed by atoms with Gasteiger partial charge in [0.15, 0.2) is 0 Å². The number of benzene rings is 2. The van der Waals surface area contributed by atoms with E-state index in [1.165, 1.54) is 6.07 Å². The van der Waals surface area contributed by atoms with E-state index in [0.717, 1.165) is 5.39 Å². The molecule has 0 aliphatic heterocycles. The third kappa shape index (κ3) is 3.75. The topological polar surface area (TPSA) is 75.6 Å². The number of carboxylic acid groups (broad SMARTS) is 1. The number of ether oxygens (including phenoxy) is 1. The molecule has 0 saturated heterocycles. The highest BCUT2D eigenvalue weighted by atomic mass is 16.6. The summed E-state index contributed by atoms with van der Waals surface area (Å²) in [5.41, 5.74) is 0.401. The van der Waals surface area contributed by atoms with Gasteiger partial charge >= 0.3 is 11.9 Å². The highest BCUT2D eigenvalue weighted by Crippen LogP contribution is 2.26. The van der Waals surface area contributed by atoms with Gasteiger partial charge in [-0.1, -0.05) is 24.3 Å². The molecular formula is C17H19NO4. The van der Waals surface area contributed by atoms with Crippen LogP contribution in [0.15, 0.2) is 36.4 Å². The van der Waals surface area contributed by atoms with Crippen LogP contribution in [0.5, 0.6) is 0 Å². The van der Waals surface area contributed by atoms with Gasteiger partial charge in [-0.2, -0.15) is 0 Å². The summed E-state index contributed by atoms with van der Waals surface area (Å²) in [4.78, 5) is 23.0. The largest absolute Gasteiger partial charge is 0.478 e. The summed E-state index contributed by atoms with van der Waals surface area (Å²) in [6, 6.07) is 10.4. The maximum Gasteiger partial charge on any atom is 0.336 e. The maximum absolute atomic E-state index is 11.8. The minimum Gasteiger partial charge on any atom is -0.478 e. The van der Waals surface area contributed by atoms with Gasteiger partial charge in [-0.05, 0) is 38.3 Å². The number of fused-ring (bicyclic) bond motifs is 1. The van der Waals surface area contributed by atoms with Gasteiger partial charge in [0, 0.05) is 11.1 Å². The van der Waals surface area contributed by atoms with E-state index in [9.17, 15) is 14.7 Å². The molecule has 0 atom stereocenters. The van der Waals surface area contributed by atoms with Crippen molar-refractivity contribution in [2.24, 2.45) is 0 Å². The number of hydrogen-bond acceptors (Lipinski definition) is 4. The number of rotatable bonds is 4. The molecule has 0 spiro atoms. The third-order valence-corrected chi connectivity index (χ3v) is 3.00. The van der Waals surface area contributed by atoms with Gasteiger partial charge in [-0.25, -0.2) is 4.79 Å². The van der Waals surface area contributed by atoms with Crippen LogP contribution < -0.4 is 5.32 Å². The molecule has 2 N–H and O–H groups in total. The molecule has 5 nitrogen and oxygen atoms in total. The Bertz CT molecular complexity index is 716. The molecule has 0 aliphatic carbocycles. The summed E-state index contributed by atoms with van der Waals surface area (Å²) < 4.78 is 5.24. The van der Waals surface area contributed by atoms with Crippen LogP contribution in [0.1, 0.15) is 31.1 Å². The SMILES string of the molecule is CC(C)(C)OC(=O)CNc1ccc(C(=O)O)c2ccccc12. The molecule has 116 valence electrons. The lowest BCUT2D eigenvalue weighted by Gasteiger charge is -2.20. The molecule has 0 unspecified atom stereocenters. The third-order valence-electron chi connectivity index (χ3n) is 3.00. The van der Waals surface area contributed by atoms with Crippen LogP contribution >= 0.6 is 0 Å². The number of esters is 1.